The van der Waals surface area contributed by atoms with Crippen molar-refractivity contribution >= 4 is 11.8 Å². The van der Waals surface area contributed by atoms with Gasteiger partial charge in [0.1, 0.15) is 5.78 Å². The molecule has 14 heavy (non-hydrogen) atoms. The molecule has 0 amide bonds. The fourth-order valence-corrected chi connectivity index (χ4v) is 1.78. The molecule has 0 N–H and O–H groups in total. The van der Waals surface area contributed by atoms with Crippen LogP contribution in [-0.4, -0.2) is 43.4 Å². The fraction of sp³-hybridized carbons (Fsp3) is 0.800. The lowest BCUT2D eigenvalue weighted by Gasteiger charge is -2.30. The Morgan fingerprint density at radius 3 is 2.79 bits per heavy atom. The Kier molecular flexibility index (Phi) is 4.07. The Balaban J connectivity index is 2.40. The van der Waals surface area contributed by atoms with E-state index in [2.05, 4.69) is 4.74 Å². The summed E-state index contributed by atoms with van der Waals surface area (Å²) >= 11 is 0. The van der Waals surface area contributed by atoms with Crippen LogP contribution in [0.1, 0.15) is 19.8 Å². The van der Waals surface area contributed by atoms with Gasteiger partial charge in [-0.15, -0.1) is 0 Å². The van der Waals surface area contributed by atoms with Gasteiger partial charge in [-0.2, -0.15) is 0 Å². The lowest BCUT2D eigenvalue weighted by atomic mass is 9.95. The molecule has 0 spiro atoms. The SMILES string of the molecule is COC(=O)CN1CCCC(C(C)=O)C1. The van der Waals surface area contributed by atoms with Crippen molar-refractivity contribution in [2.45, 2.75) is 19.8 Å². The van der Waals surface area contributed by atoms with E-state index >= 15 is 0 Å². The Bertz CT molecular complexity index is 227. The third kappa shape index (κ3) is 3.10. The van der Waals surface area contributed by atoms with E-state index in [1.807, 2.05) is 4.90 Å². The van der Waals surface area contributed by atoms with Crippen LogP contribution < -0.4 is 0 Å². The van der Waals surface area contributed by atoms with Gasteiger partial charge in [0, 0.05) is 12.5 Å². The number of methoxy groups -OCH3 is 1. The Morgan fingerprint density at radius 2 is 2.21 bits per heavy atom. The average molecular weight is 199 g/mol. The maximum absolute atomic E-state index is 11.2. The molecule has 1 saturated heterocycles. The van der Waals surface area contributed by atoms with E-state index in [9.17, 15) is 9.59 Å². The molecule has 1 heterocycles. The van der Waals surface area contributed by atoms with Crippen LogP contribution in [0.15, 0.2) is 0 Å². The Morgan fingerprint density at radius 1 is 1.50 bits per heavy atom. The number of Topliss-reactive ketones (excluding diaryl/α,β-unsaturated/α-hetero) is 1. The van der Waals surface area contributed by atoms with Gasteiger partial charge in [0.25, 0.3) is 0 Å². The summed E-state index contributed by atoms with van der Waals surface area (Å²) in [5, 5.41) is 0. The van der Waals surface area contributed by atoms with Crippen molar-refractivity contribution in [3.8, 4) is 0 Å². The summed E-state index contributed by atoms with van der Waals surface area (Å²) in [6.07, 6.45) is 1.94. The molecule has 0 saturated carbocycles. The summed E-state index contributed by atoms with van der Waals surface area (Å²) in [6.45, 7) is 3.51. The van der Waals surface area contributed by atoms with E-state index in [1.54, 1.807) is 6.92 Å². The van der Waals surface area contributed by atoms with Gasteiger partial charge >= 0.3 is 5.97 Å². The zero-order valence-electron chi connectivity index (χ0n) is 8.78. The number of hydrogen-bond donors (Lipinski definition) is 0. The molecule has 0 bridgehead atoms. The third-order valence-corrected chi connectivity index (χ3v) is 2.66. The molecule has 4 heteroatoms. The lowest BCUT2D eigenvalue weighted by Crippen LogP contribution is -2.41. The normalized spacial score (nSPS) is 23.1. The molecule has 1 aliphatic heterocycles. The number of carbonyl (C=O) groups is 2. The number of carbonyl (C=O) groups excluding carboxylic acids is 2. The molecule has 0 aliphatic carbocycles. The van der Waals surface area contributed by atoms with Gasteiger partial charge in [-0.05, 0) is 26.3 Å². The van der Waals surface area contributed by atoms with Crippen molar-refractivity contribution in [3.05, 3.63) is 0 Å². The summed E-state index contributed by atoms with van der Waals surface area (Å²) in [6, 6.07) is 0. The Hall–Kier alpha value is -0.900. The monoisotopic (exact) mass is 199 g/mol. The first kappa shape index (κ1) is 11.2. The average Bonchev–Trinajstić information content (AvgIpc) is 2.18. The van der Waals surface area contributed by atoms with Gasteiger partial charge in [0.2, 0.25) is 0 Å². The van der Waals surface area contributed by atoms with E-state index in [0.29, 0.717) is 13.1 Å². The minimum absolute atomic E-state index is 0.105. The number of rotatable bonds is 3. The van der Waals surface area contributed by atoms with Gasteiger partial charge in [-0.25, -0.2) is 0 Å². The van der Waals surface area contributed by atoms with Gasteiger partial charge in [-0.1, -0.05) is 0 Å². The molecule has 1 fully saturated rings. The molecule has 1 unspecified atom stereocenters. The van der Waals surface area contributed by atoms with E-state index in [-0.39, 0.29) is 17.7 Å². The quantitative estimate of drug-likeness (QED) is 0.619. The number of piperidine rings is 1. The lowest BCUT2D eigenvalue weighted by molar-refractivity contribution is -0.143. The van der Waals surface area contributed by atoms with Crippen molar-refractivity contribution in [3.63, 3.8) is 0 Å². The molecule has 0 radical (unpaired) electrons. The number of ether oxygens (including phenoxy) is 1. The van der Waals surface area contributed by atoms with Crippen LogP contribution in [0.5, 0.6) is 0 Å². The highest BCUT2D eigenvalue weighted by atomic mass is 16.5. The van der Waals surface area contributed by atoms with Crippen molar-refractivity contribution in [1.29, 1.82) is 0 Å². The van der Waals surface area contributed by atoms with E-state index in [4.69, 9.17) is 0 Å². The predicted molar refractivity (Wildman–Crippen MR) is 51.9 cm³/mol. The first-order valence-corrected chi connectivity index (χ1v) is 4.93. The molecular weight excluding hydrogens is 182 g/mol. The molecular formula is C10H17NO3. The minimum Gasteiger partial charge on any atom is -0.468 e. The van der Waals surface area contributed by atoms with Gasteiger partial charge < -0.3 is 4.74 Å². The zero-order valence-corrected chi connectivity index (χ0v) is 8.78. The second-order valence-corrected chi connectivity index (χ2v) is 3.76. The number of ketones is 1. The Labute approximate surface area is 84.2 Å². The molecule has 1 rings (SSSR count). The van der Waals surface area contributed by atoms with Crippen LogP contribution in [0.3, 0.4) is 0 Å². The van der Waals surface area contributed by atoms with Gasteiger partial charge in [0.05, 0.1) is 13.7 Å². The van der Waals surface area contributed by atoms with Crippen LogP contribution in [-0.2, 0) is 14.3 Å². The summed E-state index contributed by atoms with van der Waals surface area (Å²) < 4.78 is 4.58. The van der Waals surface area contributed by atoms with Crippen LogP contribution in [0.4, 0.5) is 0 Å². The van der Waals surface area contributed by atoms with Crippen molar-refractivity contribution in [2.75, 3.05) is 26.7 Å². The van der Waals surface area contributed by atoms with Gasteiger partial charge in [0.15, 0.2) is 0 Å². The second-order valence-electron chi connectivity index (χ2n) is 3.76. The van der Waals surface area contributed by atoms with E-state index < -0.39 is 0 Å². The molecule has 0 aromatic rings. The highest BCUT2D eigenvalue weighted by Gasteiger charge is 2.24. The van der Waals surface area contributed by atoms with Crippen LogP contribution in [0, 0.1) is 5.92 Å². The molecule has 0 aromatic carbocycles. The maximum atomic E-state index is 11.2. The standard InChI is InChI=1S/C10H17NO3/c1-8(12)9-4-3-5-11(6-9)7-10(13)14-2/h9H,3-7H2,1-2H3. The number of hydrogen-bond acceptors (Lipinski definition) is 4. The topological polar surface area (TPSA) is 46.6 Å². The third-order valence-electron chi connectivity index (χ3n) is 2.66. The molecule has 4 nitrogen and oxygen atoms in total. The molecule has 1 atom stereocenters. The van der Waals surface area contributed by atoms with Crippen molar-refractivity contribution < 1.29 is 14.3 Å². The summed E-state index contributed by atoms with van der Waals surface area (Å²) in [7, 11) is 1.38. The van der Waals surface area contributed by atoms with Crippen LogP contribution in [0.2, 0.25) is 0 Å². The first-order chi connectivity index (χ1) is 6.63. The first-order valence-electron chi connectivity index (χ1n) is 4.93. The zero-order chi connectivity index (χ0) is 10.6. The van der Waals surface area contributed by atoms with Crippen molar-refractivity contribution in [2.24, 2.45) is 5.92 Å². The summed E-state index contributed by atoms with van der Waals surface area (Å²) in [5.41, 5.74) is 0. The maximum Gasteiger partial charge on any atom is 0.319 e. The number of nitrogens with zero attached hydrogens (tertiary/aromatic N) is 1. The highest BCUT2D eigenvalue weighted by Crippen LogP contribution is 2.16. The van der Waals surface area contributed by atoms with Gasteiger partial charge in [-0.3, -0.25) is 14.5 Å². The molecule has 80 valence electrons. The smallest absolute Gasteiger partial charge is 0.319 e. The number of esters is 1. The highest BCUT2D eigenvalue weighted by molar-refractivity contribution is 5.78. The molecule has 1 aliphatic rings. The molecule has 0 aromatic heterocycles. The van der Waals surface area contributed by atoms with Crippen molar-refractivity contribution in [1.82, 2.24) is 4.90 Å². The van der Waals surface area contributed by atoms with Crippen LogP contribution >= 0.6 is 0 Å². The second kappa shape index (κ2) is 5.10. The largest absolute Gasteiger partial charge is 0.468 e. The van der Waals surface area contributed by atoms with E-state index in [1.165, 1.54) is 7.11 Å². The van der Waals surface area contributed by atoms with E-state index in [0.717, 1.165) is 19.4 Å². The van der Waals surface area contributed by atoms with Crippen LogP contribution in [0.25, 0.3) is 0 Å². The summed E-state index contributed by atoms with van der Waals surface area (Å²) in [5.74, 6) is 0.0992. The fourth-order valence-electron chi connectivity index (χ4n) is 1.78. The number of likely N-dealkylation sites (tertiary alicyclic amines) is 1. The predicted octanol–water partition coefficient (Wildman–Crippen LogP) is 0.460. The minimum atomic E-state index is -0.228. The summed E-state index contributed by atoms with van der Waals surface area (Å²) in [4.78, 5) is 24.2.